The number of nitrogens with zero attached hydrogens (tertiary/aromatic N) is 1. The van der Waals surface area contributed by atoms with Crippen molar-refractivity contribution in [1.82, 2.24) is 4.90 Å². The predicted molar refractivity (Wildman–Crippen MR) is 62.1 cm³/mol. The summed E-state index contributed by atoms with van der Waals surface area (Å²) in [4.78, 5) is 13.7. The van der Waals surface area contributed by atoms with Crippen molar-refractivity contribution in [2.24, 2.45) is 0 Å². The second-order valence-electron chi connectivity index (χ2n) is 3.22. The number of rotatable bonds is 3. The van der Waals surface area contributed by atoms with Crippen LogP contribution in [0.2, 0.25) is 5.02 Å². The third-order valence-corrected chi connectivity index (χ3v) is 2.60. The molecule has 0 bridgehead atoms. The Hall–Kier alpha value is -1.02. The first-order chi connectivity index (χ1) is 7.10. The zero-order valence-electron chi connectivity index (χ0n) is 8.96. The number of halogens is 1. The lowest BCUT2D eigenvalue weighted by Gasteiger charge is -2.19. The molecule has 0 aromatic heterocycles. The summed E-state index contributed by atoms with van der Waals surface area (Å²) in [7, 11) is 0. The van der Waals surface area contributed by atoms with E-state index in [1.54, 1.807) is 23.1 Å². The number of amides is 1. The molecule has 15 heavy (non-hydrogen) atoms. The molecule has 0 unspecified atom stereocenters. The molecule has 0 saturated heterocycles. The van der Waals surface area contributed by atoms with E-state index < -0.39 is 0 Å². The minimum absolute atomic E-state index is 0.0719. The maximum absolute atomic E-state index is 12.0. The minimum atomic E-state index is -0.0719. The van der Waals surface area contributed by atoms with Crippen molar-refractivity contribution in [1.29, 1.82) is 0 Å². The molecule has 0 aliphatic carbocycles. The molecule has 2 radical (unpaired) electrons. The van der Waals surface area contributed by atoms with Gasteiger partial charge in [-0.2, -0.15) is 0 Å². The van der Waals surface area contributed by atoms with E-state index in [1.165, 1.54) is 0 Å². The van der Waals surface area contributed by atoms with Crippen molar-refractivity contribution in [2.75, 3.05) is 13.1 Å². The van der Waals surface area contributed by atoms with Gasteiger partial charge in [0.25, 0.3) is 5.91 Å². The maximum atomic E-state index is 12.0. The van der Waals surface area contributed by atoms with E-state index in [0.29, 0.717) is 29.2 Å². The second-order valence-corrected chi connectivity index (χ2v) is 3.62. The van der Waals surface area contributed by atoms with Crippen LogP contribution in [-0.4, -0.2) is 23.9 Å². The van der Waals surface area contributed by atoms with Crippen molar-refractivity contribution in [3.05, 3.63) is 41.3 Å². The van der Waals surface area contributed by atoms with Gasteiger partial charge in [-0.15, -0.1) is 0 Å². The Kier molecular flexibility index (Phi) is 4.15. The predicted octanol–water partition coefficient (Wildman–Crippen LogP) is 2.88. The third-order valence-electron chi connectivity index (χ3n) is 2.27. The zero-order chi connectivity index (χ0) is 11.4. The van der Waals surface area contributed by atoms with E-state index >= 15 is 0 Å². The molecule has 80 valence electrons. The van der Waals surface area contributed by atoms with Gasteiger partial charge in [0.05, 0.1) is 10.6 Å². The molecule has 0 aliphatic heterocycles. The van der Waals surface area contributed by atoms with Crippen LogP contribution in [0.25, 0.3) is 0 Å². The first-order valence-electron chi connectivity index (χ1n) is 4.94. The van der Waals surface area contributed by atoms with Gasteiger partial charge in [0, 0.05) is 13.1 Å². The van der Waals surface area contributed by atoms with Crippen LogP contribution >= 0.6 is 11.6 Å². The summed E-state index contributed by atoms with van der Waals surface area (Å²) in [5.41, 5.74) is 1.02. The zero-order valence-corrected chi connectivity index (χ0v) is 9.71. The summed E-state index contributed by atoms with van der Waals surface area (Å²) in [6.45, 7) is 10.8. The molecule has 1 aromatic carbocycles. The molecular formula is C12H14ClNO. The first-order valence-corrected chi connectivity index (χ1v) is 5.32. The first kappa shape index (κ1) is 12.1. The highest BCUT2D eigenvalue weighted by Crippen LogP contribution is 2.19. The van der Waals surface area contributed by atoms with Crippen molar-refractivity contribution >= 4 is 17.5 Å². The molecule has 2 nitrogen and oxygen atoms in total. The van der Waals surface area contributed by atoms with Crippen LogP contribution in [-0.2, 0) is 0 Å². The standard InChI is InChI=1S/C12H14ClNO/c1-4-14(5-2)12(15)10-8-9(3)6-7-11(10)13/h3,6-8H,4-5H2,1-2H3. The Balaban J connectivity index is 3.04. The van der Waals surface area contributed by atoms with Gasteiger partial charge in [0.1, 0.15) is 0 Å². The molecule has 0 saturated carbocycles. The van der Waals surface area contributed by atoms with E-state index in [-0.39, 0.29) is 5.91 Å². The van der Waals surface area contributed by atoms with Gasteiger partial charge in [-0.1, -0.05) is 17.7 Å². The lowest BCUT2D eigenvalue weighted by Crippen LogP contribution is -2.30. The minimum Gasteiger partial charge on any atom is -0.339 e. The molecule has 0 atom stereocenters. The molecule has 0 fully saturated rings. The second kappa shape index (κ2) is 5.17. The van der Waals surface area contributed by atoms with Gasteiger partial charge in [-0.3, -0.25) is 4.79 Å². The Labute approximate surface area is 95.8 Å². The van der Waals surface area contributed by atoms with Crippen LogP contribution in [0, 0.1) is 6.92 Å². The Morgan fingerprint density at radius 2 is 2.00 bits per heavy atom. The normalized spacial score (nSPS) is 10.1. The largest absolute Gasteiger partial charge is 0.339 e. The quantitative estimate of drug-likeness (QED) is 0.772. The number of carbonyl (C=O) groups is 1. The Morgan fingerprint density at radius 1 is 1.40 bits per heavy atom. The fourth-order valence-electron chi connectivity index (χ4n) is 1.39. The molecule has 1 amide bonds. The van der Waals surface area contributed by atoms with Crippen LogP contribution in [0.5, 0.6) is 0 Å². The lowest BCUT2D eigenvalue weighted by atomic mass is 10.1. The van der Waals surface area contributed by atoms with E-state index in [1.807, 2.05) is 13.8 Å². The topological polar surface area (TPSA) is 20.3 Å². The van der Waals surface area contributed by atoms with Gasteiger partial charge in [0.15, 0.2) is 0 Å². The highest BCUT2D eigenvalue weighted by atomic mass is 35.5. The van der Waals surface area contributed by atoms with E-state index in [2.05, 4.69) is 0 Å². The fraction of sp³-hybridized carbons (Fsp3) is 0.333. The molecule has 0 spiro atoms. The van der Waals surface area contributed by atoms with Crippen molar-refractivity contribution in [3.63, 3.8) is 0 Å². The number of benzene rings is 1. The molecule has 1 aromatic rings. The average molecular weight is 224 g/mol. The Bertz CT molecular complexity index is 359. The fourth-order valence-corrected chi connectivity index (χ4v) is 1.59. The summed E-state index contributed by atoms with van der Waals surface area (Å²) in [6, 6.07) is 4.94. The Morgan fingerprint density at radius 3 is 2.53 bits per heavy atom. The molecule has 0 N–H and O–H groups in total. The van der Waals surface area contributed by atoms with E-state index in [9.17, 15) is 4.79 Å². The highest BCUT2D eigenvalue weighted by molar-refractivity contribution is 6.33. The van der Waals surface area contributed by atoms with E-state index in [0.717, 1.165) is 0 Å². The number of hydrogen-bond acceptors (Lipinski definition) is 1. The van der Waals surface area contributed by atoms with Crippen LogP contribution < -0.4 is 0 Å². The van der Waals surface area contributed by atoms with Crippen molar-refractivity contribution in [3.8, 4) is 0 Å². The molecule has 1 rings (SSSR count). The van der Waals surface area contributed by atoms with Crippen LogP contribution in [0.4, 0.5) is 0 Å². The summed E-state index contributed by atoms with van der Waals surface area (Å²) in [6.07, 6.45) is 0. The molecular weight excluding hydrogens is 210 g/mol. The van der Waals surface area contributed by atoms with Crippen LogP contribution in [0.1, 0.15) is 29.8 Å². The van der Waals surface area contributed by atoms with Gasteiger partial charge in [0.2, 0.25) is 0 Å². The maximum Gasteiger partial charge on any atom is 0.255 e. The summed E-state index contributed by atoms with van der Waals surface area (Å²) >= 11 is 5.95. The molecule has 0 aliphatic rings. The van der Waals surface area contributed by atoms with Gasteiger partial charge in [-0.25, -0.2) is 0 Å². The summed E-state index contributed by atoms with van der Waals surface area (Å²) in [5.74, 6) is -0.0719. The third kappa shape index (κ3) is 2.72. The van der Waals surface area contributed by atoms with Crippen molar-refractivity contribution in [2.45, 2.75) is 13.8 Å². The average Bonchev–Trinajstić information content (AvgIpc) is 2.23. The van der Waals surface area contributed by atoms with E-state index in [4.69, 9.17) is 18.5 Å². The smallest absolute Gasteiger partial charge is 0.255 e. The highest BCUT2D eigenvalue weighted by Gasteiger charge is 2.15. The van der Waals surface area contributed by atoms with Crippen LogP contribution in [0.15, 0.2) is 18.2 Å². The van der Waals surface area contributed by atoms with Gasteiger partial charge >= 0.3 is 0 Å². The molecule has 3 heteroatoms. The monoisotopic (exact) mass is 223 g/mol. The van der Waals surface area contributed by atoms with Gasteiger partial charge < -0.3 is 4.90 Å². The van der Waals surface area contributed by atoms with Gasteiger partial charge in [-0.05, 0) is 38.5 Å². The van der Waals surface area contributed by atoms with Crippen LogP contribution in [0.3, 0.4) is 0 Å². The molecule has 0 heterocycles. The summed E-state index contributed by atoms with van der Waals surface area (Å²) < 4.78 is 0. The lowest BCUT2D eigenvalue weighted by molar-refractivity contribution is 0.0773. The SMILES string of the molecule is [CH]c1ccc(Cl)c(C(=O)N(CC)CC)c1. The van der Waals surface area contributed by atoms with Crippen molar-refractivity contribution < 1.29 is 4.79 Å². The number of hydrogen-bond donors (Lipinski definition) is 0. The number of carbonyl (C=O) groups excluding carboxylic acids is 1. The summed E-state index contributed by atoms with van der Waals surface area (Å²) in [5, 5.41) is 0.445.